The molecule has 0 fully saturated rings. The zero-order valence-corrected chi connectivity index (χ0v) is 15.3. The predicted molar refractivity (Wildman–Crippen MR) is 114 cm³/mol. The van der Waals surface area contributed by atoms with Crippen LogP contribution in [0.3, 0.4) is 0 Å². The predicted octanol–water partition coefficient (Wildman–Crippen LogP) is 4.56. The molecule has 136 valence electrons. The Morgan fingerprint density at radius 3 is 2.07 bits per heavy atom. The fourth-order valence-corrected chi connectivity index (χ4v) is 4.05. The number of nitrogens with zero attached hydrogens (tertiary/aromatic N) is 4. The van der Waals surface area contributed by atoms with Crippen LogP contribution in [0, 0.1) is 0 Å². The largest absolute Gasteiger partial charge is 0.268 e. The van der Waals surface area contributed by atoms with Crippen molar-refractivity contribution in [3.8, 4) is 22.8 Å². The van der Waals surface area contributed by atoms with Crippen LogP contribution in [0.25, 0.3) is 50.0 Å². The van der Waals surface area contributed by atoms with E-state index in [1.807, 2.05) is 72.8 Å². The maximum atomic E-state index is 13.6. The van der Waals surface area contributed by atoms with Gasteiger partial charge in [-0.3, -0.25) is 19.2 Å². The lowest BCUT2D eigenvalue weighted by Crippen LogP contribution is -2.14. The zero-order valence-electron chi connectivity index (χ0n) is 15.3. The first-order chi connectivity index (χ1) is 14.3. The molecule has 0 bridgehead atoms. The van der Waals surface area contributed by atoms with E-state index in [0.29, 0.717) is 33.8 Å². The molecule has 0 aliphatic carbocycles. The molecule has 5 heteroatoms. The van der Waals surface area contributed by atoms with Crippen molar-refractivity contribution in [3.63, 3.8) is 0 Å². The summed E-state index contributed by atoms with van der Waals surface area (Å²) in [5.74, 6) is 0. The molecule has 4 heterocycles. The van der Waals surface area contributed by atoms with Gasteiger partial charge >= 0.3 is 0 Å². The second kappa shape index (κ2) is 5.94. The van der Waals surface area contributed by atoms with E-state index in [4.69, 9.17) is 4.98 Å². The highest BCUT2D eigenvalue weighted by Crippen LogP contribution is 2.34. The summed E-state index contributed by atoms with van der Waals surface area (Å²) in [6, 6.07) is 23.2. The Hall–Kier alpha value is -4.12. The summed E-state index contributed by atoms with van der Waals surface area (Å²) in [6.07, 6.45) is 3.45. The normalized spacial score (nSPS) is 11.6. The third kappa shape index (κ3) is 2.21. The maximum Gasteiger partial charge on any atom is 0.264 e. The molecular formula is C24H14N4O. The van der Waals surface area contributed by atoms with E-state index in [1.54, 1.807) is 16.8 Å². The van der Waals surface area contributed by atoms with Gasteiger partial charge in [-0.1, -0.05) is 42.5 Å². The van der Waals surface area contributed by atoms with Crippen LogP contribution in [0.1, 0.15) is 0 Å². The van der Waals surface area contributed by atoms with Gasteiger partial charge in [0.2, 0.25) is 0 Å². The number of imidazole rings is 1. The number of hydrogen-bond donors (Lipinski definition) is 0. The summed E-state index contributed by atoms with van der Waals surface area (Å²) in [7, 11) is 0. The number of benzene rings is 2. The SMILES string of the molecule is O=c1c2cccc3cccc(c32)c2nc(-c3ccccn3)c(-c3ccccn3)n12. The molecule has 0 atom stereocenters. The fraction of sp³-hybridized carbons (Fsp3) is 0. The Balaban J connectivity index is 1.89. The molecular weight excluding hydrogens is 360 g/mol. The smallest absolute Gasteiger partial charge is 0.264 e. The molecule has 0 N–H and O–H groups in total. The quantitative estimate of drug-likeness (QED) is 0.446. The Kier molecular flexibility index (Phi) is 3.25. The molecule has 0 aliphatic rings. The molecule has 2 aromatic carbocycles. The molecule has 0 unspecified atom stereocenters. The average Bonchev–Trinajstić information content (AvgIpc) is 3.19. The summed E-state index contributed by atoms with van der Waals surface area (Å²) < 4.78 is 1.68. The summed E-state index contributed by atoms with van der Waals surface area (Å²) in [6.45, 7) is 0. The van der Waals surface area contributed by atoms with Crippen LogP contribution in [-0.2, 0) is 0 Å². The van der Waals surface area contributed by atoms with Crippen LogP contribution in [0.5, 0.6) is 0 Å². The van der Waals surface area contributed by atoms with Crippen LogP contribution in [0.15, 0.2) is 90.0 Å². The molecule has 0 aliphatic heterocycles. The Bertz CT molecular complexity index is 1550. The van der Waals surface area contributed by atoms with Crippen molar-refractivity contribution in [2.75, 3.05) is 0 Å². The summed E-state index contributed by atoms with van der Waals surface area (Å²) in [4.78, 5) is 27.5. The molecule has 5 nitrogen and oxygen atoms in total. The van der Waals surface area contributed by atoms with Crippen LogP contribution in [0.4, 0.5) is 0 Å². The van der Waals surface area contributed by atoms with E-state index in [0.717, 1.165) is 16.2 Å². The van der Waals surface area contributed by atoms with Gasteiger partial charge < -0.3 is 0 Å². The lowest BCUT2D eigenvalue weighted by atomic mass is 10.0. The minimum absolute atomic E-state index is 0.0976. The maximum absolute atomic E-state index is 13.6. The molecule has 4 aromatic heterocycles. The zero-order chi connectivity index (χ0) is 19.4. The molecule has 0 saturated carbocycles. The van der Waals surface area contributed by atoms with E-state index >= 15 is 0 Å². The lowest BCUT2D eigenvalue weighted by Gasteiger charge is -2.08. The first-order valence-electron chi connectivity index (χ1n) is 9.35. The van der Waals surface area contributed by atoms with Gasteiger partial charge in [0, 0.05) is 28.6 Å². The van der Waals surface area contributed by atoms with Crippen molar-refractivity contribution in [2.24, 2.45) is 0 Å². The van der Waals surface area contributed by atoms with Crippen LogP contribution in [0.2, 0.25) is 0 Å². The fourth-order valence-electron chi connectivity index (χ4n) is 4.05. The minimum atomic E-state index is -0.0976. The van der Waals surface area contributed by atoms with E-state index in [1.165, 1.54) is 0 Å². The number of pyridine rings is 3. The molecule has 29 heavy (non-hydrogen) atoms. The third-order valence-electron chi connectivity index (χ3n) is 5.27. The van der Waals surface area contributed by atoms with Crippen molar-refractivity contribution in [3.05, 3.63) is 95.5 Å². The summed E-state index contributed by atoms with van der Waals surface area (Å²) in [5, 5.41) is 3.59. The van der Waals surface area contributed by atoms with Crippen molar-refractivity contribution < 1.29 is 0 Å². The van der Waals surface area contributed by atoms with Crippen molar-refractivity contribution in [1.82, 2.24) is 19.4 Å². The summed E-state index contributed by atoms with van der Waals surface area (Å²) >= 11 is 0. The Morgan fingerprint density at radius 2 is 1.38 bits per heavy atom. The highest BCUT2D eigenvalue weighted by Gasteiger charge is 2.22. The topological polar surface area (TPSA) is 60.2 Å². The second-order valence-electron chi connectivity index (χ2n) is 6.91. The van der Waals surface area contributed by atoms with Gasteiger partial charge in [0.05, 0.1) is 11.4 Å². The van der Waals surface area contributed by atoms with Crippen LogP contribution >= 0.6 is 0 Å². The molecule has 6 aromatic rings. The third-order valence-corrected chi connectivity index (χ3v) is 5.27. The van der Waals surface area contributed by atoms with Crippen molar-refractivity contribution >= 4 is 27.2 Å². The number of fused-ring (bicyclic) bond motifs is 2. The van der Waals surface area contributed by atoms with Gasteiger partial charge in [0.15, 0.2) is 0 Å². The van der Waals surface area contributed by atoms with Crippen LogP contribution in [-0.4, -0.2) is 19.4 Å². The van der Waals surface area contributed by atoms with E-state index in [9.17, 15) is 4.79 Å². The molecule has 0 spiro atoms. The lowest BCUT2D eigenvalue weighted by molar-refractivity contribution is 1.13. The van der Waals surface area contributed by atoms with Gasteiger partial charge in [-0.15, -0.1) is 0 Å². The first kappa shape index (κ1) is 15.9. The number of hydrogen-bond acceptors (Lipinski definition) is 4. The van der Waals surface area contributed by atoms with Gasteiger partial charge in [-0.25, -0.2) is 4.98 Å². The average molecular weight is 374 g/mol. The van der Waals surface area contributed by atoms with Crippen molar-refractivity contribution in [1.29, 1.82) is 0 Å². The Labute approximate surface area is 165 Å². The molecule has 0 amide bonds. The molecule has 0 saturated heterocycles. The van der Waals surface area contributed by atoms with Gasteiger partial charge in [0.25, 0.3) is 5.56 Å². The van der Waals surface area contributed by atoms with E-state index < -0.39 is 0 Å². The van der Waals surface area contributed by atoms with E-state index in [2.05, 4.69) is 9.97 Å². The highest BCUT2D eigenvalue weighted by molar-refractivity contribution is 6.14. The number of rotatable bonds is 2. The van der Waals surface area contributed by atoms with Gasteiger partial charge in [0.1, 0.15) is 17.0 Å². The molecule has 0 radical (unpaired) electrons. The molecule has 6 rings (SSSR count). The van der Waals surface area contributed by atoms with Gasteiger partial charge in [-0.05, 0) is 35.7 Å². The number of aromatic nitrogens is 4. The minimum Gasteiger partial charge on any atom is -0.268 e. The van der Waals surface area contributed by atoms with Gasteiger partial charge in [-0.2, -0.15) is 0 Å². The highest BCUT2D eigenvalue weighted by atomic mass is 16.1. The second-order valence-corrected chi connectivity index (χ2v) is 6.91. The van der Waals surface area contributed by atoms with Crippen LogP contribution < -0.4 is 5.56 Å². The Morgan fingerprint density at radius 1 is 0.690 bits per heavy atom. The monoisotopic (exact) mass is 374 g/mol. The van der Waals surface area contributed by atoms with E-state index in [-0.39, 0.29) is 5.56 Å². The van der Waals surface area contributed by atoms with Crippen molar-refractivity contribution in [2.45, 2.75) is 0 Å². The standard InChI is InChI=1S/C24H14N4O/c29-24-17-10-6-8-15-7-5-9-16(20(15)17)23-27-21(18-11-1-3-13-25-18)22(28(23)24)19-12-2-4-14-26-19/h1-14H. The first-order valence-corrected chi connectivity index (χ1v) is 9.35. The summed E-state index contributed by atoms with van der Waals surface area (Å²) in [5.41, 5.74) is 3.24.